The second kappa shape index (κ2) is 15.6. The first kappa shape index (κ1) is 32.1. The van der Waals surface area contributed by atoms with Crippen LogP contribution in [0.3, 0.4) is 0 Å². The summed E-state index contributed by atoms with van der Waals surface area (Å²) in [5.74, 6) is -1.66. The second-order valence-electron chi connectivity index (χ2n) is 9.60. The monoisotopic (exact) mass is 605 g/mol. The van der Waals surface area contributed by atoms with Crippen molar-refractivity contribution in [2.24, 2.45) is 4.99 Å². The van der Waals surface area contributed by atoms with Crippen molar-refractivity contribution in [3.05, 3.63) is 62.6 Å². The third-order valence-corrected chi connectivity index (χ3v) is 7.43. The minimum Gasteiger partial charge on any atom is -0.508 e. The molecule has 0 fully saturated rings. The SMILES string of the molecule is COCCCC(=NC[C@H](NC(=O)c1c(Cl)cc2c(c1Cl)CCN(CCC(O)c1cccc(O)c1)C2)C(=O)O)NC#N. The molecule has 13 heteroatoms. The predicted molar refractivity (Wildman–Crippen MR) is 154 cm³/mol. The first-order chi connectivity index (χ1) is 19.6. The molecular weight excluding hydrogens is 573 g/mol. The Balaban J connectivity index is 1.67. The van der Waals surface area contributed by atoms with Gasteiger partial charge in [0.05, 0.1) is 28.3 Å². The molecule has 0 bridgehead atoms. The number of nitriles is 1. The Labute approximate surface area is 248 Å². The van der Waals surface area contributed by atoms with Crippen molar-refractivity contribution in [3.63, 3.8) is 0 Å². The number of rotatable bonds is 13. The summed E-state index contributed by atoms with van der Waals surface area (Å²) >= 11 is 13.1. The maximum Gasteiger partial charge on any atom is 0.328 e. The highest BCUT2D eigenvalue weighted by molar-refractivity contribution is 6.40. The van der Waals surface area contributed by atoms with E-state index in [-0.39, 0.29) is 33.7 Å². The molecule has 2 atom stereocenters. The molecule has 0 saturated heterocycles. The third-order valence-electron chi connectivity index (χ3n) is 6.72. The van der Waals surface area contributed by atoms with E-state index < -0.39 is 24.0 Å². The molecule has 2 aromatic rings. The summed E-state index contributed by atoms with van der Waals surface area (Å²) in [6.45, 7) is 1.86. The van der Waals surface area contributed by atoms with Gasteiger partial charge in [0, 0.05) is 39.8 Å². The van der Waals surface area contributed by atoms with Crippen LogP contribution in [0.1, 0.15) is 52.4 Å². The number of carbonyl (C=O) groups is 2. The molecule has 1 aliphatic rings. The van der Waals surface area contributed by atoms with Gasteiger partial charge >= 0.3 is 5.97 Å². The smallest absolute Gasteiger partial charge is 0.328 e. The summed E-state index contributed by atoms with van der Waals surface area (Å²) < 4.78 is 4.98. The average molecular weight is 607 g/mol. The van der Waals surface area contributed by atoms with Crippen molar-refractivity contribution in [1.82, 2.24) is 15.5 Å². The number of aliphatic hydroxyl groups excluding tert-OH is 1. The van der Waals surface area contributed by atoms with E-state index in [1.54, 1.807) is 37.6 Å². The van der Waals surface area contributed by atoms with Gasteiger partial charge in [0.25, 0.3) is 5.91 Å². The van der Waals surface area contributed by atoms with Crippen LogP contribution in [0.2, 0.25) is 10.0 Å². The van der Waals surface area contributed by atoms with Gasteiger partial charge in [-0.05, 0) is 54.2 Å². The lowest BCUT2D eigenvalue weighted by atomic mass is 9.96. The molecule has 220 valence electrons. The summed E-state index contributed by atoms with van der Waals surface area (Å²) in [4.78, 5) is 31.3. The Morgan fingerprint density at radius 1 is 1.29 bits per heavy atom. The predicted octanol–water partition coefficient (Wildman–Crippen LogP) is 3.26. The number of methoxy groups -OCH3 is 1. The Bertz CT molecular complexity index is 1320. The number of halogens is 2. The molecule has 0 radical (unpaired) electrons. The van der Waals surface area contributed by atoms with Crippen LogP contribution in [-0.4, -0.2) is 77.3 Å². The fraction of sp³-hybridized carbons (Fsp3) is 0.429. The van der Waals surface area contributed by atoms with E-state index in [2.05, 4.69) is 20.5 Å². The quantitative estimate of drug-likeness (QED) is 0.0756. The molecule has 0 aromatic heterocycles. The van der Waals surface area contributed by atoms with E-state index >= 15 is 0 Å². The van der Waals surface area contributed by atoms with Crippen molar-refractivity contribution in [2.45, 2.75) is 44.4 Å². The maximum absolute atomic E-state index is 13.1. The highest BCUT2D eigenvalue weighted by Gasteiger charge is 2.28. The number of ether oxygens (including phenoxy) is 1. The summed E-state index contributed by atoms with van der Waals surface area (Å²) in [6.07, 6.45) is 2.97. The summed E-state index contributed by atoms with van der Waals surface area (Å²) in [5, 5.41) is 43.9. The summed E-state index contributed by atoms with van der Waals surface area (Å²) in [6, 6.07) is 6.81. The van der Waals surface area contributed by atoms with E-state index in [0.717, 1.165) is 11.1 Å². The van der Waals surface area contributed by atoms with Gasteiger partial charge in [-0.1, -0.05) is 35.3 Å². The number of phenolic OH excluding ortho intramolecular Hbond substituents is 1. The van der Waals surface area contributed by atoms with Crippen LogP contribution in [-0.2, 0) is 22.5 Å². The summed E-state index contributed by atoms with van der Waals surface area (Å²) in [5.41, 5.74) is 2.23. The molecule has 1 amide bonds. The molecule has 5 N–H and O–H groups in total. The number of aliphatic imine (C=N–C) groups is 1. The van der Waals surface area contributed by atoms with Crippen LogP contribution in [0.4, 0.5) is 0 Å². The van der Waals surface area contributed by atoms with Crippen LogP contribution < -0.4 is 10.6 Å². The minimum absolute atomic E-state index is 0.00876. The summed E-state index contributed by atoms with van der Waals surface area (Å²) in [7, 11) is 1.55. The zero-order valence-corrected chi connectivity index (χ0v) is 24.1. The molecule has 0 saturated carbocycles. The van der Waals surface area contributed by atoms with Crippen LogP contribution in [0.25, 0.3) is 0 Å². The van der Waals surface area contributed by atoms with Gasteiger partial charge in [0.15, 0.2) is 6.19 Å². The number of carbonyl (C=O) groups excluding carboxylic acids is 1. The lowest BCUT2D eigenvalue weighted by molar-refractivity contribution is -0.138. The van der Waals surface area contributed by atoms with Crippen LogP contribution in [0, 0.1) is 11.5 Å². The van der Waals surface area contributed by atoms with E-state index in [1.807, 2.05) is 0 Å². The number of aromatic hydroxyl groups is 1. The molecule has 1 unspecified atom stereocenters. The van der Waals surface area contributed by atoms with Crippen molar-refractivity contribution in [1.29, 1.82) is 5.26 Å². The molecule has 11 nitrogen and oxygen atoms in total. The number of hydrogen-bond acceptors (Lipinski definition) is 8. The van der Waals surface area contributed by atoms with Gasteiger partial charge in [-0.3, -0.25) is 20.0 Å². The number of aliphatic hydroxyl groups is 1. The molecular formula is C28H33Cl2N5O6. The van der Waals surface area contributed by atoms with Gasteiger partial charge in [-0.15, -0.1) is 0 Å². The fourth-order valence-electron chi connectivity index (χ4n) is 4.56. The molecule has 2 aromatic carbocycles. The normalized spacial score (nSPS) is 15.0. The Kier molecular flexibility index (Phi) is 12.2. The Hall–Kier alpha value is -3.40. The number of fused-ring (bicyclic) bond motifs is 1. The average Bonchev–Trinajstić information content (AvgIpc) is 2.93. The lowest BCUT2D eigenvalue weighted by Crippen LogP contribution is -2.43. The van der Waals surface area contributed by atoms with Crippen LogP contribution in [0.15, 0.2) is 35.3 Å². The minimum atomic E-state index is -1.38. The Morgan fingerprint density at radius 3 is 2.76 bits per heavy atom. The van der Waals surface area contributed by atoms with Crippen molar-refractivity contribution in [3.8, 4) is 11.9 Å². The number of amidine groups is 1. The number of hydrogen-bond donors (Lipinski definition) is 5. The van der Waals surface area contributed by atoms with Crippen LogP contribution in [0.5, 0.6) is 5.75 Å². The molecule has 3 rings (SSSR count). The van der Waals surface area contributed by atoms with Crippen molar-refractivity contribution < 1.29 is 29.6 Å². The highest BCUT2D eigenvalue weighted by atomic mass is 35.5. The number of aliphatic carboxylic acids is 1. The van der Waals surface area contributed by atoms with Gasteiger partial charge in [-0.2, -0.15) is 5.26 Å². The number of benzene rings is 2. The van der Waals surface area contributed by atoms with Gasteiger partial charge in [-0.25, -0.2) is 4.79 Å². The lowest BCUT2D eigenvalue weighted by Gasteiger charge is -2.31. The second-order valence-corrected chi connectivity index (χ2v) is 10.4. The van der Waals surface area contributed by atoms with E-state index in [1.165, 1.54) is 6.07 Å². The topological polar surface area (TPSA) is 168 Å². The molecule has 41 heavy (non-hydrogen) atoms. The van der Waals surface area contributed by atoms with Gasteiger partial charge in [0.2, 0.25) is 0 Å². The zero-order chi connectivity index (χ0) is 29.9. The highest BCUT2D eigenvalue weighted by Crippen LogP contribution is 2.35. The van der Waals surface area contributed by atoms with Crippen molar-refractivity contribution >= 4 is 40.9 Å². The molecule has 0 aliphatic carbocycles. The number of phenols is 1. The molecule has 1 aliphatic heterocycles. The standard InChI is InChI=1S/C28H33Cl2N5O6/c1-41-11-3-6-24(33-16-31)32-14-22(28(39)40)34-27(38)25-21(29)13-18-15-35(9-7-20(18)26(25)30)10-8-23(37)17-4-2-5-19(36)12-17/h2,4-5,12-13,22-23,36-37H,3,6-11,14-15H2,1H3,(H,32,33)(H,34,38)(H,39,40)/t22-,23?/m0/s1. The van der Waals surface area contributed by atoms with Gasteiger partial charge in [0.1, 0.15) is 17.6 Å². The molecule has 1 heterocycles. The molecule has 0 spiro atoms. The fourth-order valence-corrected chi connectivity index (χ4v) is 5.32. The largest absolute Gasteiger partial charge is 0.508 e. The number of carboxylic acids is 1. The number of carboxylic acid groups (broad SMARTS) is 1. The van der Waals surface area contributed by atoms with E-state index in [9.17, 15) is 24.9 Å². The number of amides is 1. The first-order valence-corrected chi connectivity index (χ1v) is 13.8. The zero-order valence-electron chi connectivity index (χ0n) is 22.6. The number of nitrogens with one attached hydrogen (secondary N) is 2. The Morgan fingerprint density at radius 2 is 2.07 bits per heavy atom. The first-order valence-electron chi connectivity index (χ1n) is 13.0. The number of nitrogens with zero attached hydrogens (tertiary/aromatic N) is 3. The maximum atomic E-state index is 13.1. The van der Waals surface area contributed by atoms with E-state index in [0.29, 0.717) is 57.5 Å². The van der Waals surface area contributed by atoms with Crippen molar-refractivity contribution in [2.75, 3.05) is 33.4 Å². The van der Waals surface area contributed by atoms with Gasteiger partial charge < -0.3 is 25.4 Å². The van der Waals surface area contributed by atoms with Crippen LogP contribution >= 0.6 is 23.2 Å². The third kappa shape index (κ3) is 9.05. The van der Waals surface area contributed by atoms with E-state index in [4.69, 9.17) is 33.2 Å².